The summed E-state index contributed by atoms with van der Waals surface area (Å²) in [6.07, 6.45) is 8.46. The van der Waals surface area contributed by atoms with Gasteiger partial charge in [-0.1, -0.05) is 11.6 Å². The molecule has 0 aromatic carbocycles. The van der Waals surface area contributed by atoms with E-state index in [-0.39, 0.29) is 27.7 Å². The molecule has 4 aliphatic carbocycles. The van der Waals surface area contributed by atoms with Gasteiger partial charge in [-0.25, -0.2) is 0 Å². The monoisotopic (exact) mass is 474 g/mol. The van der Waals surface area contributed by atoms with Crippen molar-refractivity contribution in [2.75, 3.05) is 7.05 Å². The summed E-state index contributed by atoms with van der Waals surface area (Å²) < 4.78 is 3.72. The number of halogens is 1. The molecule has 9 nitrogen and oxygen atoms in total. The lowest BCUT2D eigenvalue weighted by Crippen LogP contribution is -2.58. The van der Waals surface area contributed by atoms with Gasteiger partial charge in [-0.05, 0) is 80.6 Å². The van der Waals surface area contributed by atoms with E-state index >= 15 is 0 Å². The van der Waals surface area contributed by atoms with E-state index in [1.807, 2.05) is 42.5 Å². The lowest BCUT2D eigenvalue weighted by molar-refractivity contribution is -0.389. The minimum atomic E-state index is -0.500. The minimum Gasteiger partial charge on any atom is -0.358 e. The maximum Gasteiger partial charge on any atom is 0.408 e. The molecule has 10 heteroatoms. The molecule has 2 aromatic rings. The second kappa shape index (κ2) is 7.82. The molecule has 0 radical (unpaired) electrons. The van der Waals surface area contributed by atoms with E-state index in [0.29, 0.717) is 30.5 Å². The Morgan fingerprint density at radius 1 is 1.30 bits per heavy atom. The van der Waals surface area contributed by atoms with E-state index in [1.54, 1.807) is 4.90 Å². The van der Waals surface area contributed by atoms with Gasteiger partial charge in [0.25, 0.3) is 0 Å². The second-order valence-electron chi connectivity index (χ2n) is 10.7. The molecule has 2 heterocycles. The van der Waals surface area contributed by atoms with Gasteiger partial charge < -0.3 is 15.0 Å². The van der Waals surface area contributed by atoms with Gasteiger partial charge in [0, 0.05) is 26.2 Å². The van der Waals surface area contributed by atoms with Gasteiger partial charge in [0.2, 0.25) is 5.91 Å². The molecule has 0 saturated heterocycles. The second-order valence-corrected chi connectivity index (χ2v) is 11.0. The number of nitro groups is 1. The zero-order valence-electron chi connectivity index (χ0n) is 19.5. The minimum absolute atomic E-state index is 0.0855. The van der Waals surface area contributed by atoms with Crippen molar-refractivity contribution in [2.24, 2.45) is 17.3 Å². The molecule has 4 bridgehead atoms. The van der Waals surface area contributed by atoms with Gasteiger partial charge in [-0.15, -0.1) is 0 Å². The summed E-state index contributed by atoms with van der Waals surface area (Å²) in [5, 5.41) is 20.5. The maximum absolute atomic E-state index is 13.3. The summed E-state index contributed by atoms with van der Waals surface area (Å²) in [6, 6.07) is 1.96. The van der Waals surface area contributed by atoms with Gasteiger partial charge >= 0.3 is 5.82 Å². The Hall–Kier alpha value is -2.42. The van der Waals surface area contributed by atoms with Crippen molar-refractivity contribution in [3.63, 3.8) is 0 Å². The van der Waals surface area contributed by atoms with E-state index in [0.717, 1.165) is 44.3 Å². The Bertz CT molecular complexity index is 1090. The summed E-state index contributed by atoms with van der Waals surface area (Å²) in [7, 11) is 1.85. The smallest absolute Gasteiger partial charge is 0.358 e. The van der Waals surface area contributed by atoms with Crippen LogP contribution in [0.15, 0.2) is 12.3 Å². The van der Waals surface area contributed by atoms with Crippen molar-refractivity contribution in [1.29, 1.82) is 0 Å². The average molecular weight is 475 g/mol. The third kappa shape index (κ3) is 3.74. The van der Waals surface area contributed by atoms with Crippen LogP contribution in [0, 0.1) is 34.3 Å². The number of nitrogens with zero attached hydrogens (tertiary/aromatic N) is 6. The van der Waals surface area contributed by atoms with Crippen molar-refractivity contribution in [1.82, 2.24) is 24.5 Å². The third-order valence-corrected chi connectivity index (χ3v) is 8.61. The van der Waals surface area contributed by atoms with Crippen LogP contribution in [0.3, 0.4) is 0 Å². The number of hydrogen-bond acceptors (Lipinski definition) is 5. The summed E-state index contributed by atoms with van der Waals surface area (Å²) >= 11 is 6.31. The summed E-state index contributed by atoms with van der Waals surface area (Å²) in [4.78, 5) is 26.1. The predicted octanol–water partition coefficient (Wildman–Crippen LogP) is 4.31. The largest absolute Gasteiger partial charge is 0.408 e. The van der Waals surface area contributed by atoms with E-state index in [2.05, 4.69) is 10.2 Å². The van der Waals surface area contributed by atoms with Crippen LogP contribution >= 0.6 is 11.6 Å². The van der Waals surface area contributed by atoms with Crippen molar-refractivity contribution in [3.05, 3.63) is 38.8 Å². The van der Waals surface area contributed by atoms with Crippen LogP contribution in [0.1, 0.15) is 63.3 Å². The number of aryl methyl sites for hydroxylation is 1. The van der Waals surface area contributed by atoms with Crippen LogP contribution < -0.4 is 0 Å². The van der Waals surface area contributed by atoms with Gasteiger partial charge in [0.1, 0.15) is 0 Å². The molecular weight excluding hydrogens is 444 g/mol. The van der Waals surface area contributed by atoms with Crippen LogP contribution in [0.25, 0.3) is 0 Å². The molecule has 0 aliphatic heterocycles. The van der Waals surface area contributed by atoms with Crippen molar-refractivity contribution < 1.29 is 9.72 Å². The van der Waals surface area contributed by atoms with E-state index in [1.165, 1.54) is 6.42 Å². The Morgan fingerprint density at radius 3 is 2.58 bits per heavy atom. The molecule has 4 fully saturated rings. The average Bonchev–Trinajstić information content (AvgIpc) is 3.31. The molecule has 0 N–H and O–H groups in total. The molecule has 2 unspecified atom stereocenters. The van der Waals surface area contributed by atoms with E-state index < -0.39 is 4.92 Å². The molecular formula is C23H31ClN6O3. The SMILES string of the molecule is CCn1ccc(CN(C)C(=O)CC23CC4CC(C2)CC(n2nc([N+](=O)[O-])c(Cl)c2C)(C4)C3)n1. The molecule has 178 valence electrons. The summed E-state index contributed by atoms with van der Waals surface area (Å²) in [5.41, 5.74) is 1.18. The Morgan fingerprint density at radius 2 is 2.00 bits per heavy atom. The van der Waals surface area contributed by atoms with Crippen LogP contribution in [0.5, 0.6) is 0 Å². The van der Waals surface area contributed by atoms with Crippen molar-refractivity contribution >= 4 is 23.3 Å². The summed E-state index contributed by atoms with van der Waals surface area (Å²) in [6.45, 7) is 5.17. The molecule has 2 aromatic heterocycles. The topological polar surface area (TPSA) is 99.1 Å². The number of amides is 1. The van der Waals surface area contributed by atoms with Gasteiger partial charge in [0.05, 0.1) is 28.6 Å². The highest BCUT2D eigenvalue weighted by molar-refractivity contribution is 6.33. The number of carbonyl (C=O) groups excluding carboxylic acids is 1. The van der Waals surface area contributed by atoms with E-state index in [4.69, 9.17) is 11.6 Å². The molecule has 0 spiro atoms. The van der Waals surface area contributed by atoms with Crippen LogP contribution in [0.2, 0.25) is 5.02 Å². The number of aromatic nitrogens is 4. The maximum atomic E-state index is 13.3. The molecule has 4 aliphatic rings. The first-order valence-corrected chi connectivity index (χ1v) is 12.2. The first-order valence-electron chi connectivity index (χ1n) is 11.8. The molecule has 6 rings (SSSR count). The zero-order valence-corrected chi connectivity index (χ0v) is 20.2. The third-order valence-electron chi connectivity index (χ3n) is 8.17. The first kappa shape index (κ1) is 22.4. The summed E-state index contributed by atoms with van der Waals surface area (Å²) in [5.74, 6) is 0.915. The van der Waals surface area contributed by atoms with Crippen molar-refractivity contribution in [3.8, 4) is 0 Å². The molecule has 4 saturated carbocycles. The van der Waals surface area contributed by atoms with Crippen molar-refractivity contribution in [2.45, 2.75) is 77.4 Å². The highest BCUT2D eigenvalue weighted by atomic mass is 35.5. The fraction of sp³-hybridized carbons (Fsp3) is 0.696. The highest BCUT2D eigenvalue weighted by Gasteiger charge is 2.61. The number of hydrogen-bond donors (Lipinski definition) is 0. The highest BCUT2D eigenvalue weighted by Crippen LogP contribution is 2.65. The van der Waals surface area contributed by atoms with Gasteiger partial charge in [-0.3, -0.25) is 9.48 Å². The number of rotatable bonds is 7. The van der Waals surface area contributed by atoms with E-state index in [9.17, 15) is 14.9 Å². The predicted molar refractivity (Wildman–Crippen MR) is 123 cm³/mol. The van der Waals surface area contributed by atoms with Gasteiger partial charge in [-0.2, -0.15) is 9.78 Å². The lowest BCUT2D eigenvalue weighted by Gasteiger charge is -2.61. The Labute approximate surface area is 198 Å². The first-order chi connectivity index (χ1) is 15.6. The van der Waals surface area contributed by atoms with Gasteiger partial charge in [0.15, 0.2) is 5.02 Å². The lowest BCUT2D eigenvalue weighted by atomic mass is 9.46. The van der Waals surface area contributed by atoms with Crippen LogP contribution in [-0.2, 0) is 23.4 Å². The normalized spacial score (nSPS) is 30.1. The fourth-order valence-electron chi connectivity index (χ4n) is 7.35. The van der Waals surface area contributed by atoms with Crippen LogP contribution in [-0.4, -0.2) is 42.3 Å². The zero-order chi connectivity index (χ0) is 23.5. The molecule has 2 atom stereocenters. The van der Waals surface area contributed by atoms with Crippen LogP contribution in [0.4, 0.5) is 5.82 Å². The Balaban J connectivity index is 1.39. The fourth-order valence-corrected chi connectivity index (χ4v) is 7.54. The quantitative estimate of drug-likeness (QED) is 0.439. The Kier molecular flexibility index (Phi) is 5.30. The molecule has 33 heavy (non-hydrogen) atoms. The standard InChI is InChI=1S/C23H31ClN6O3/c1-4-28-6-5-18(25-28)13-27(3)19(31)12-22-8-16-7-17(9-22)11-23(10-16,14-22)29-15(2)20(24)21(26-29)30(32)33/h5-6,16-17H,4,7-14H2,1-3H3. The molecule has 1 amide bonds. The number of carbonyl (C=O) groups is 1.